The molecule has 39 heavy (non-hydrogen) atoms. The number of amides is 1. The molecule has 208 valence electrons. The fourth-order valence-electron chi connectivity index (χ4n) is 5.06. The predicted octanol–water partition coefficient (Wildman–Crippen LogP) is 5.43. The van der Waals surface area contributed by atoms with Crippen LogP contribution in [0.5, 0.6) is 5.75 Å². The molecule has 1 aliphatic heterocycles. The van der Waals surface area contributed by atoms with E-state index >= 15 is 0 Å². The van der Waals surface area contributed by atoms with Gasteiger partial charge in [0.05, 0.1) is 17.7 Å². The van der Waals surface area contributed by atoms with Crippen LogP contribution in [0.2, 0.25) is 0 Å². The van der Waals surface area contributed by atoms with Gasteiger partial charge in [-0.1, -0.05) is 37.3 Å². The first kappa shape index (κ1) is 28.7. The summed E-state index contributed by atoms with van der Waals surface area (Å²) in [4.78, 5) is 13.6. The molecule has 1 amide bonds. The summed E-state index contributed by atoms with van der Waals surface area (Å²) in [6, 6.07) is 14.4. The lowest BCUT2D eigenvalue weighted by atomic mass is 9.91. The lowest BCUT2D eigenvalue weighted by molar-refractivity contribution is 0.0748. The average Bonchev–Trinajstić information content (AvgIpc) is 2.87. The molecule has 3 aromatic carbocycles. The van der Waals surface area contributed by atoms with E-state index in [9.17, 15) is 18.7 Å². The minimum absolute atomic E-state index is 0.0505. The van der Waals surface area contributed by atoms with Gasteiger partial charge in [0.1, 0.15) is 23.0 Å². The van der Waals surface area contributed by atoms with Gasteiger partial charge in [-0.3, -0.25) is 4.79 Å². The molecular formula is C32H38F2N2O3. The van der Waals surface area contributed by atoms with E-state index in [-0.39, 0.29) is 13.0 Å². The quantitative estimate of drug-likeness (QED) is 0.323. The molecule has 2 atom stereocenters. The molecule has 0 unspecified atom stereocenters. The number of rotatable bonds is 10. The zero-order valence-electron chi connectivity index (χ0n) is 23.1. The molecule has 3 N–H and O–H groups in total. The topological polar surface area (TPSA) is 70.6 Å². The molecule has 5 nitrogen and oxygen atoms in total. The van der Waals surface area contributed by atoms with E-state index in [1.54, 1.807) is 6.07 Å². The maximum atomic E-state index is 13.9. The maximum Gasteiger partial charge on any atom is 0.255 e. The van der Waals surface area contributed by atoms with Crippen molar-refractivity contribution in [2.45, 2.75) is 77.7 Å². The van der Waals surface area contributed by atoms with E-state index in [4.69, 9.17) is 4.74 Å². The number of hydrogen-bond acceptors (Lipinski definition) is 4. The Balaban J connectivity index is 1.54. The number of carbonyl (C=O) groups excluding carboxylic acids is 1. The fraction of sp³-hybridized carbons (Fsp3) is 0.406. The van der Waals surface area contributed by atoms with E-state index < -0.39 is 35.3 Å². The largest absolute Gasteiger partial charge is 0.487 e. The highest BCUT2D eigenvalue weighted by Gasteiger charge is 2.31. The summed E-state index contributed by atoms with van der Waals surface area (Å²) in [7, 11) is 0. The minimum Gasteiger partial charge on any atom is -0.487 e. The SMILES string of the molecule is CCc1cccc(CNC[C@@H](O)[C@H](Cc2cc(F)cc(F)c2)NC(=O)c2cc(C)cc3c2OC(C)(C)CC3)c1. The predicted molar refractivity (Wildman–Crippen MR) is 149 cm³/mol. The van der Waals surface area contributed by atoms with Crippen LogP contribution in [0.15, 0.2) is 54.6 Å². The van der Waals surface area contributed by atoms with Gasteiger partial charge in [0.2, 0.25) is 0 Å². The second-order valence-corrected chi connectivity index (χ2v) is 11.1. The third-order valence-electron chi connectivity index (χ3n) is 7.17. The molecule has 1 heterocycles. The summed E-state index contributed by atoms with van der Waals surface area (Å²) < 4.78 is 34.1. The smallest absolute Gasteiger partial charge is 0.255 e. The lowest BCUT2D eigenvalue weighted by Gasteiger charge is -2.34. The zero-order chi connectivity index (χ0) is 28.2. The molecule has 0 radical (unpaired) electrons. The van der Waals surface area contributed by atoms with Gasteiger partial charge in [0, 0.05) is 19.2 Å². The lowest BCUT2D eigenvalue weighted by Crippen LogP contribution is -2.49. The normalized spacial score (nSPS) is 15.7. The van der Waals surface area contributed by atoms with E-state index in [2.05, 4.69) is 29.7 Å². The van der Waals surface area contributed by atoms with Crippen molar-refractivity contribution >= 4 is 5.91 Å². The zero-order valence-corrected chi connectivity index (χ0v) is 23.1. The number of fused-ring (bicyclic) bond motifs is 1. The van der Waals surface area contributed by atoms with Crippen molar-refractivity contribution in [1.29, 1.82) is 0 Å². The number of ether oxygens (including phenoxy) is 1. The molecule has 0 aliphatic carbocycles. The van der Waals surface area contributed by atoms with Crippen LogP contribution >= 0.6 is 0 Å². The minimum atomic E-state index is -1.02. The Morgan fingerprint density at radius 1 is 1.05 bits per heavy atom. The van der Waals surface area contributed by atoms with Crippen molar-refractivity contribution in [3.63, 3.8) is 0 Å². The first-order valence-corrected chi connectivity index (χ1v) is 13.6. The van der Waals surface area contributed by atoms with E-state index in [1.165, 1.54) is 17.7 Å². The Hall–Kier alpha value is -3.29. The molecule has 0 saturated heterocycles. The Morgan fingerprint density at radius 3 is 2.49 bits per heavy atom. The summed E-state index contributed by atoms with van der Waals surface area (Å²) >= 11 is 0. The van der Waals surface area contributed by atoms with Gasteiger partial charge in [-0.2, -0.15) is 0 Å². The third-order valence-corrected chi connectivity index (χ3v) is 7.17. The van der Waals surface area contributed by atoms with Crippen molar-refractivity contribution < 1.29 is 23.4 Å². The molecule has 0 bridgehead atoms. The summed E-state index contributed by atoms with van der Waals surface area (Å²) in [5.41, 5.74) is 4.54. The number of aliphatic hydroxyl groups excluding tert-OH is 1. The number of aliphatic hydroxyl groups is 1. The van der Waals surface area contributed by atoms with Crippen LogP contribution in [-0.2, 0) is 25.8 Å². The van der Waals surface area contributed by atoms with Gasteiger partial charge in [0.25, 0.3) is 5.91 Å². The van der Waals surface area contributed by atoms with Crippen LogP contribution in [0, 0.1) is 18.6 Å². The summed E-state index contributed by atoms with van der Waals surface area (Å²) in [6.07, 6.45) is 1.59. The first-order chi connectivity index (χ1) is 18.5. The van der Waals surface area contributed by atoms with Crippen molar-refractivity contribution in [1.82, 2.24) is 10.6 Å². The number of nitrogens with one attached hydrogen (secondary N) is 2. The number of aryl methyl sites for hydroxylation is 3. The fourth-order valence-corrected chi connectivity index (χ4v) is 5.06. The molecule has 1 aliphatic rings. The van der Waals surface area contributed by atoms with Gasteiger partial charge in [-0.05, 0) is 92.5 Å². The molecule has 7 heteroatoms. The maximum absolute atomic E-state index is 13.9. The highest BCUT2D eigenvalue weighted by Crippen LogP contribution is 2.36. The Labute approximate surface area is 229 Å². The first-order valence-electron chi connectivity index (χ1n) is 13.6. The molecule has 0 saturated carbocycles. The Kier molecular flexibility index (Phi) is 9.03. The molecular weight excluding hydrogens is 498 g/mol. The van der Waals surface area contributed by atoms with E-state index in [0.29, 0.717) is 23.4 Å². The van der Waals surface area contributed by atoms with Gasteiger partial charge in [-0.25, -0.2) is 8.78 Å². The van der Waals surface area contributed by atoms with Gasteiger partial charge >= 0.3 is 0 Å². The van der Waals surface area contributed by atoms with E-state index in [1.807, 2.05) is 39.0 Å². The standard InChI is InChI=1S/C32H38F2N2O3/c1-5-21-7-6-8-22(13-21)18-35-19-29(37)28(16-23-14-25(33)17-26(34)15-23)36-31(38)27-12-20(2)11-24-9-10-32(3,4)39-30(24)27/h6-8,11-15,17,28-29,35,37H,5,9-10,16,18-19H2,1-4H3,(H,36,38)/t28-,29+/m0/s1. The number of halogens is 2. The average molecular weight is 537 g/mol. The van der Waals surface area contributed by atoms with Crippen LogP contribution in [0.25, 0.3) is 0 Å². The third kappa shape index (κ3) is 7.64. The molecule has 0 aromatic heterocycles. The van der Waals surface area contributed by atoms with Gasteiger partial charge in [0.15, 0.2) is 0 Å². The number of benzene rings is 3. The van der Waals surface area contributed by atoms with Crippen molar-refractivity contribution in [3.05, 3.63) is 99.6 Å². The highest BCUT2D eigenvalue weighted by molar-refractivity contribution is 5.98. The molecule has 3 aromatic rings. The number of carbonyl (C=O) groups is 1. The monoisotopic (exact) mass is 536 g/mol. The molecule has 0 fully saturated rings. The highest BCUT2D eigenvalue weighted by atomic mass is 19.1. The van der Waals surface area contributed by atoms with Crippen molar-refractivity contribution in [2.75, 3.05) is 6.54 Å². The second-order valence-electron chi connectivity index (χ2n) is 11.1. The van der Waals surface area contributed by atoms with Gasteiger partial charge < -0.3 is 20.5 Å². The number of hydrogen-bond donors (Lipinski definition) is 3. The molecule has 0 spiro atoms. The van der Waals surface area contributed by atoms with Gasteiger partial charge in [-0.15, -0.1) is 0 Å². The molecule has 4 rings (SSSR count). The second kappa shape index (κ2) is 12.3. The Bertz CT molecular complexity index is 1300. The Morgan fingerprint density at radius 2 is 1.77 bits per heavy atom. The van der Waals surface area contributed by atoms with Crippen LogP contribution in [0.3, 0.4) is 0 Å². The van der Waals surface area contributed by atoms with E-state index in [0.717, 1.165) is 42.0 Å². The van der Waals surface area contributed by atoms with Crippen LogP contribution < -0.4 is 15.4 Å². The van der Waals surface area contributed by atoms with Crippen molar-refractivity contribution in [2.24, 2.45) is 0 Å². The van der Waals surface area contributed by atoms with Crippen LogP contribution in [-0.4, -0.2) is 35.3 Å². The summed E-state index contributed by atoms with van der Waals surface area (Å²) in [6.45, 7) is 8.71. The summed E-state index contributed by atoms with van der Waals surface area (Å²) in [5, 5.41) is 17.4. The summed E-state index contributed by atoms with van der Waals surface area (Å²) in [5.74, 6) is -1.26. The van der Waals surface area contributed by atoms with Crippen LogP contribution in [0.4, 0.5) is 8.78 Å². The van der Waals surface area contributed by atoms with Crippen LogP contribution in [0.1, 0.15) is 65.4 Å². The van der Waals surface area contributed by atoms with Crippen molar-refractivity contribution in [3.8, 4) is 5.75 Å².